The zero-order valence-corrected chi connectivity index (χ0v) is 17.0. The minimum Gasteiger partial charge on any atom is -0.192 e. The van der Waals surface area contributed by atoms with E-state index in [1.165, 1.54) is 32.0 Å². The summed E-state index contributed by atoms with van der Waals surface area (Å²) in [5.41, 5.74) is 5.77. The molecule has 0 saturated heterocycles. The summed E-state index contributed by atoms with van der Waals surface area (Å²) < 4.78 is -0.101. The molecule has 0 N–H and O–H groups in total. The Labute approximate surface area is 148 Å². The van der Waals surface area contributed by atoms with Crippen LogP contribution in [0.2, 0.25) is 0 Å². The van der Waals surface area contributed by atoms with Gasteiger partial charge in [-0.05, 0) is 72.2 Å². The molecular weight excluding hydrogens is 316 g/mol. The Bertz CT molecular complexity index is 771. The predicted molar refractivity (Wildman–Crippen MR) is 109 cm³/mol. The van der Waals surface area contributed by atoms with Crippen LogP contribution in [0.15, 0.2) is 46.2 Å². The molecule has 0 unspecified atom stereocenters. The highest BCUT2D eigenvalue weighted by atomic mass is 32.3. The van der Waals surface area contributed by atoms with E-state index in [-0.39, 0.29) is 10.2 Å². The van der Waals surface area contributed by atoms with Gasteiger partial charge in [0.15, 0.2) is 0 Å². The van der Waals surface area contributed by atoms with Gasteiger partial charge in [-0.3, -0.25) is 0 Å². The number of benzene rings is 2. The highest BCUT2D eigenvalue weighted by molar-refractivity contribution is 8.33. The average molecular weight is 345 g/mol. The van der Waals surface area contributed by atoms with Gasteiger partial charge in [0.1, 0.15) is 0 Å². The second-order valence-corrected chi connectivity index (χ2v) is 13.2. The van der Waals surface area contributed by atoms with Crippen molar-refractivity contribution in [2.45, 2.75) is 54.6 Å². The largest absolute Gasteiger partial charge is 0.192 e. The summed E-state index contributed by atoms with van der Waals surface area (Å²) in [7, 11) is -0.944. The maximum Gasteiger partial charge on any atom is 0.0322 e. The second kappa shape index (κ2) is 5.07. The first-order valence-electron chi connectivity index (χ1n) is 8.17. The molecule has 0 bridgehead atoms. The lowest BCUT2D eigenvalue weighted by molar-refractivity contribution is 0.590. The Kier molecular flexibility index (Phi) is 3.74. The summed E-state index contributed by atoms with van der Waals surface area (Å²) in [6.07, 6.45) is 4.84. The molecule has 0 aliphatic carbocycles. The Balaban J connectivity index is 2.24. The number of thiol groups is 1. The first-order chi connectivity index (χ1) is 10.4. The van der Waals surface area contributed by atoms with Gasteiger partial charge in [0.2, 0.25) is 0 Å². The topological polar surface area (TPSA) is 0 Å². The predicted octanol–water partition coefficient (Wildman–Crippen LogP) is 6.61. The summed E-state index contributed by atoms with van der Waals surface area (Å²) >= 11 is 4.77. The summed E-state index contributed by atoms with van der Waals surface area (Å²) in [6.45, 7) is 11.2. The molecule has 2 heteroatoms. The fourth-order valence-corrected chi connectivity index (χ4v) is 5.97. The zero-order valence-electron chi connectivity index (χ0n) is 15.3. The summed E-state index contributed by atoms with van der Waals surface area (Å²) in [5, 5.41) is 0. The van der Waals surface area contributed by atoms with E-state index in [2.05, 4.69) is 83.5 Å². The van der Waals surface area contributed by atoms with Crippen molar-refractivity contribution >= 4 is 22.7 Å². The van der Waals surface area contributed by atoms with E-state index >= 15 is 0 Å². The van der Waals surface area contributed by atoms with Crippen LogP contribution in [-0.4, -0.2) is 12.5 Å². The molecule has 23 heavy (non-hydrogen) atoms. The molecule has 0 spiro atoms. The quantitative estimate of drug-likeness (QED) is 0.553. The first-order valence-corrected chi connectivity index (χ1v) is 11.1. The van der Waals surface area contributed by atoms with Crippen LogP contribution in [0.1, 0.15) is 45.7 Å². The summed E-state index contributed by atoms with van der Waals surface area (Å²) in [6, 6.07) is 14.1. The number of fused-ring (bicyclic) bond motifs is 3. The van der Waals surface area contributed by atoms with Crippen LogP contribution in [0.4, 0.5) is 0 Å². The van der Waals surface area contributed by atoms with Gasteiger partial charge in [0.05, 0.1) is 0 Å². The number of rotatable bonds is 1. The zero-order chi connectivity index (χ0) is 17.2. The third kappa shape index (κ3) is 2.74. The van der Waals surface area contributed by atoms with E-state index in [4.69, 9.17) is 12.6 Å². The molecule has 0 saturated carbocycles. The van der Waals surface area contributed by atoms with Crippen molar-refractivity contribution in [1.29, 1.82) is 0 Å². The van der Waals surface area contributed by atoms with Crippen molar-refractivity contribution in [2.75, 3.05) is 12.5 Å². The van der Waals surface area contributed by atoms with Gasteiger partial charge in [-0.1, -0.05) is 39.0 Å². The molecule has 1 heterocycles. The Morgan fingerprint density at radius 1 is 0.739 bits per heavy atom. The number of hydrogen-bond acceptors (Lipinski definition) is 1. The van der Waals surface area contributed by atoms with Crippen LogP contribution >= 0.6 is 22.7 Å². The lowest BCUT2D eigenvalue weighted by atomic mass is 9.85. The Morgan fingerprint density at radius 3 is 1.91 bits per heavy atom. The van der Waals surface area contributed by atoms with Gasteiger partial charge in [0.25, 0.3) is 0 Å². The molecule has 3 rings (SSSR count). The smallest absolute Gasteiger partial charge is 0.0322 e. The van der Waals surface area contributed by atoms with E-state index in [1.807, 2.05) is 0 Å². The molecule has 0 atom stereocenters. The van der Waals surface area contributed by atoms with Crippen LogP contribution in [0.25, 0.3) is 11.1 Å². The third-order valence-corrected chi connectivity index (χ3v) is 8.07. The molecule has 2 aromatic carbocycles. The Morgan fingerprint density at radius 2 is 1.35 bits per heavy atom. The SMILES string of the molecule is CC(C)(C)c1ccc2c(c1)-c1ccc(C(C)(C)S)cc1S2(C)C. The summed E-state index contributed by atoms with van der Waals surface area (Å²) in [5.74, 6) is 0. The van der Waals surface area contributed by atoms with Gasteiger partial charge in [-0.15, -0.1) is 0 Å². The first kappa shape index (κ1) is 17.0. The van der Waals surface area contributed by atoms with Gasteiger partial charge in [-0.2, -0.15) is 22.7 Å². The van der Waals surface area contributed by atoms with Crippen LogP contribution in [-0.2, 0) is 10.2 Å². The molecule has 1 aliphatic heterocycles. The van der Waals surface area contributed by atoms with Crippen molar-refractivity contribution in [3.05, 3.63) is 47.5 Å². The fraction of sp³-hybridized carbons (Fsp3) is 0.429. The van der Waals surface area contributed by atoms with E-state index in [0.29, 0.717) is 0 Å². The maximum absolute atomic E-state index is 4.77. The van der Waals surface area contributed by atoms with E-state index in [1.54, 1.807) is 0 Å². The molecule has 0 nitrogen and oxygen atoms in total. The monoisotopic (exact) mass is 344 g/mol. The number of hydrogen-bond donors (Lipinski definition) is 1. The normalized spacial score (nSPS) is 17.6. The van der Waals surface area contributed by atoms with Gasteiger partial charge < -0.3 is 0 Å². The average Bonchev–Trinajstić information content (AvgIpc) is 2.65. The minimum atomic E-state index is -0.944. The third-order valence-electron chi connectivity index (χ3n) is 4.92. The van der Waals surface area contributed by atoms with Crippen molar-refractivity contribution in [1.82, 2.24) is 0 Å². The lowest BCUT2D eigenvalue weighted by Gasteiger charge is -2.30. The van der Waals surface area contributed by atoms with Crippen LogP contribution in [0.5, 0.6) is 0 Å². The van der Waals surface area contributed by atoms with E-state index in [0.717, 1.165) is 0 Å². The standard InChI is InChI=1S/C21H28S2/c1-20(2,3)14-9-11-18-17(12-14)16-10-8-15(21(4,5)22)13-19(16)23(18,6)7/h8-13,22H,1-7H3. The van der Waals surface area contributed by atoms with Gasteiger partial charge in [0, 0.05) is 14.5 Å². The molecule has 2 aromatic rings. The van der Waals surface area contributed by atoms with Crippen molar-refractivity contribution in [3.63, 3.8) is 0 Å². The van der Waals surface area contributed by atoms with Crippen LogP contribution < -0.4 is 0 Å². The molecule has 0 radical (unpaired) electrons. The van der Waals surface area contributed by atoms with Crippen LogP contribution in [0, 0.1) is 0 Å². The molecule has 0 fully saturated rings. The molecule has 0 aromatic heterocycles. The fourth-order valence-electron chi connectivity index (χ4n) is 3.32. The minimum absolute atomic E-state index is 0.101. The van der Waals surface area contributed by atoms with E-state index in [9.17, 15) is 0 Å². The molecule has 0 amide bonds. The van der Waals surface area contributed by atoms with Crippen molar-refractivity contribution < 1.29 is 0 Å². The highest BCUT2D eigenvalue weighted by Gasteiger charge is 2.33. The van der Waals surface area contributed by atoms with Crippen molar-refractivity contribution in [3.8, 4) is 11.1 Å². The van der Waals surface area contributed by atoms with Gasteiger partial charge >= 0.3 is 0 Å². The maximum atomic E-state index is 4.77. The molecular formula is C21H28S2. The molecule has 124 valence electrons. The second-order valence-electron chi connectivity index (χ2n) is 8.56. The molecule has 1 aliphatic rings. The van der Waals surface area contributed by atoms with E-state index < -0.39 is 10.0 Å². The lowest BCUT2D eigenvalue weighted by Crippen LogP contribution is -2.11. The van der Waals surface area contributed by atoms with Gasteiger partial charge in [-0.25, -0.2) is 0 Å². The van der Waals surface area contributed by atoms with Crippen LogP contribution in [0.3, 0.4) is 0 Å². The Hall–Kier alpha value is -0.860. The van der Waals surface area contributed by atoms with Crippen molar-refractivity contribution in [2.24, 2.45) is 0 Å². The summed E-state index contributed by atoms with van der Waals surface area (Å²) in [4.78, 5) is 3.04. The highest BCUT2D eigenvalue weighted by Crippen LogP contribution is 2.67.